The molecule has 0 aromatic heterocycles. The third kappa shape index (κ3) is 94.7. The first-order chi connectivity index (χ1) is 65.1. The number of esters is 9. The van der Waals surface area contributed by atoms with E-state index in [1.165, 1.54) is 0 Å². The van der Waals surface area contributed by atoms with Crippen LogP contribution in [0, 0.1) is 19.8 Å². The van der Waals surface area contributed by atoms with E-state index in [0.717, 1.165) is 43.0 Å². The number of aliphatic hydroxyl groups excluding tert-OH is 10. The van der Waals surface area contributed by atoms with Gasteiger partial charge in [0.2, 0.25) is 0 Å². The summed E-state index contributed by atoms with van der Waals surface area (Å²) in [5.74, 6) is -29.5. The molecule has 9 atom stereocenters. The van der Waals surface area contributed by atoms with E-state index in [0.29, 0.717) is 42.5 Å². The van der Waals surface area contributed by atoms with Crippen LogP contribution in [0.15, 0.2) is 114 Å². The van der Waals surface area contributed by atoms with Crippen molar-refractivity contribution >= 4 is 53.7 Å². The van der Waals surface area contributed by atoms with Gasteiger partial charge in [0.25, 0.3) is 11.8 Å². The van der Waals surface area contributed by atoms with Crippen LogP contribution in [0.5, 0.6) is 0 Å². The number of halogens is 27. The van der Waals surface area contributed by atoms with E-state index in [1.807, 2.05) is 21.0 Å². The number of quaternary nitrogens is 1. The summed E-state index contributed by atoms with van der Waals surface area (Å²) in [6, 6.07) is 0. The SMILES string of the molecule is C=CC(=O)OCC(O)CC(F)(F)C(F)(C(F)(F)F)C(F)(F)F.C=CC(=O)OCC(O)CC(F)(F)C(F)(F)F.C=CC(=O)OCC(O)CC(F)(F)COCC(C(F)(F)F)C(F)(F)F.C=CC(=O)OCC(O)CC(F)(F)COCC(F)(F)F.C=CC(=O)OCC(O)COCCO.C=CC(=O)OCC(O)COCCOC.C=CC(=O)OCC(O)COC[CH2-].C=CC(=O)OCC(O)C[N+](C)(C)CC.C=CC(=O)OCC([CH2-])O.[Y].[Y]. The fourth-order valence-corrected chi connectivity index (χ4v) is 7.38. The molecule has 0 saturated carbocycles. The monoisotopic (exact) mass is 2340 g/mol. The van der Waals surface area contributed by atoms with Crippen molar-refractivity contribution in [2.75, 3.05) is 173 Å². The Hall–Kier alpha value is -7.47. The zero-order valence-corrected chi connectivity index (χ0v) is 83.6. The van der Waals surface area contributed by atoms with Crippen LogP contribution in [-0.2, 0) is 180 Å². The Kier molecular flexibility index (Phi) is 93.0. The van der Waals surface area contributed by atoms with Gasteiger partial charge in [0.15, 0.2) is 5.92 Å². The number of rotatable bonds is 58. The molecule has 0 amide bonds. The maximum atomic E-state index is 13.3. The Morgan fingerprint density at radius 1 is 0.324 bits per heavy atom. The largest absolute Gasteiger partial charge is 0.463 e. The standard InChI is InChI=1S/C12H14F8O4.C10H9F9O3.C10H13F5O4.C10H20NO3.C9H16O5.C8H9F5O3.C8H14O5.C8H13O4.C6H9O3.2Y/c1-2-9(22)24-4-7(21)3-10(13,14)6-23-5-8(11(15,16)17)12(18,19)20;1-2-6(21)22-4-5(20)3-7(11,12)8(13,9(14,15)16)10(17,18)19;1-2-8(17)19-4-7(16)3-9(11,12)5-18-6-10(13,14)15;1-5-10(13)14-8-9(12)7-11(3,4)6-2;1-3-9(11)14-7-8(10)6-13-5-4-12-2;1-2-6(15)16-4-5(14)3-7(9,10)8(11,12)13;1-2-8(11)13-6-7(10)5-12-4-3-9;1-3-8(10)12-6-7(9)5-11-4-2;1-3-6(8)9-4-5(2)7;;/h2,7-8,21H,1,3-6H2;2,5,20H,1,3-4H2;2,7,16H,1,3-6H2;5,9,12H,1,6-8H2,2-4H3;3,8,10H,1,4-7H2,2H3;2,5,14H,1,3-4H2;2,7,9-10H,1,3-6H2;3,7,9H,1-2,4-6H2;3,5,7H,1-2,4H2;;/q;;;+1;;;;2*-1;;. The van der Waals surface area contributed by atoms with Crippen molar-refractivity contribution in [2.24, 2.45) is 5.92 Å². The summed E-state index contributed by atoms with van der Waals surface area (Å²) in [5, 5.41) is 89.8. The molecule has 846 valence electrons. The van der Waals surface area contributed by atoms with Crippen molar-refractivity contribution in [3.05, 3.63) is 128 Å². The van der Waals surface area contributed by atoms with E-state index in [2.05, 4.69) is 120 Å². The third-order valence-corrected chi connectivity index (χ3v) is 14.3. The van der Waals surface area contributed by atoms with E-state index >= 15 is 0 Å². The second kappa shape index (κ2) is 84.2. The fraction of sp³-hybridized carbons (Fsp3) is 0.642. The molecule has 145 heavy (non-hydrogen) atoms. The molecule has 0 heterocycles. The molecular weight excluding hydrogens is 2220 g/mol. The molecule has 0 aliphatic carbocycles. The molecular formula is C81H117F27NO34Y2-. The number of methoxy groups -OCH3 is 1. The molecule has 0 fully saturated rings. The number of ether oxygens (including phenoxy) is 15. The van der Waals surface area contributed by atoms with Gasteiger partial charge in [0, 0.05) is 146 Å². The number of nitrogens with zero attached hydrogens (tertiary/aromatic N) is 1. The minimum absolute atomic E-state index is 0. The normalized spacial score (nSPS) is 13.5. The van der Waals surface area contributed by atoms with Gasteiger partial charge in [-0.2, -0.15) is 87.8 Å². The van der Waals surface area contributed by atoms with E-state index in [-0.39, 0.29) is 138 Å². The smallest absolute Gasteiger partial charge is 0.453 e. The third-order valence-electron chi connectivity index (χ3n) is 14.3. The van der Waals surface area contributed by atoms with Crippen LogP contribution in [0.1, 0.15) is 32.6 Å². The van der Waals surface area contributed by atoms with Crippen molar-refractivity contribution in [3.8, 4) is 0 Å². The quantitative estimate of drug-likeness (QED) is 0.00524. The zero-order valence-electron chi connectivity index (χ0n) is 77.9. The summed E-state index contributed by atoms with van der Waals surface area (Å²) >= 11 is 0. The van der Waals surface area contributed by atoms with E-state index in [9.17, 15) is 177 Å². The Morgan fingerprint density at radius 2 is 0.579 bits per heavy atom. The van der Waals surface area contributed by atoms with Gasteiger partial charge in [-0.15, -0.1) is 0 Å². The Labute approximate surface area is 863 Å². The van der Waals surface area contributed by atoms with Gasteiger partial charge < -0.3 is 140 Å². The Morgan fingerprint density at radius 3 is 0.821 bits per heavy atom. The average Bonchev–Trinajstić information content (AvgIpc) is 0.729. The summed E-state index contributed by atoms with van der Waals surface area (Å²) in [7, 11) is 5.59. The minimum atomic E-state index is -6.98. The number of hydrogen-bond donors (Lipinski definition) is 10. The zero-order chi connectivity index (χ0) is 114. The maximum Gasteiger partial charge on any atom is 0.453 e. The van der Waals surface area contributed by atoms with E-state index < -0.39 is 260 Å². The average molecular weight is 2340 g/mol. The summed E-state index contributed by atoms with van der Waals surface area (Å²) in [6.07, 6.45) is -47.3. The van der Waals surface area contributed by atoms with Gasteiger partial charge in [0.1, 0.15) is 104 Å². The predicted molar refractivity (Wildman–Crippen MR) is 438 cm³/mol. The molecule has 0 aliphatic heterocycles. The van der Waals surface area contributed by atoms with Gasteiger partial charge in [-0.05, 0) is 13.0 Å². The molecule has 64 heteroatoms. The summed E-state index contributed by atoms with van der Waals surface area (Å²) < 4.78 is 400. The first-order valence-corrected chi connectivity index (χ1v) is 39.4. The number of carbonyl (C=O) groups is 9. The van der Waals surface area contributed by atoms with Crippen LogP contribution in [0.3, 0.4) is 0 Å². The molecule has 0 aliphatic rings. The topological polar surface area (TPSA) is 494 Å². The van der Waals surface area contributed by atoms with Crippen LogP contribution < -0.4 is 0 Å². The van der Waals surface area contributed by atoms with Gasteiger partial charge in [0.05, 0.1) is 111 Å². The first kappa shape index (κ1) is 160. The number of hydrogen-bond acceptors (Lipinski definition) is 34. The van der Waals surface area contributed by atoms with Crippen molar-refractivity contribution in [1.29, 1.82) is 0 Å². The van der Waals surface area contributed by atoms with Crippen molar-refractivity contribution < 1.29 is 354 Å². The van der Waals surface area contributed by atoms with Crippen molar-refractivity contribution in [1.82, 2.24) is 0 Å². The molecule has 0 saturated heterocycles. The van der Waals surface area contributed by atoms with Gasteiger partial charge in [-0.25, -0.2) is 73.9 Å². The number of carbonyl (C=O) groups excluding carboxylic acids is 9. The Bertz CT molecular complexity index is 3580. The predicted octanol–water partition coefficient (Wildman–Crippen LogP) is 7.97. The van der Waals surface area contributed by atoms with Gasteiger partial charge in [-0.3, -0.25) is 0 Å². The van der Waals surface area contributed by atoms with Crippen LogP contribution in [0.4, 0.5) is 119 Å². The second-order valence-electron chi connectivity index (χ2n) is 27.6. The molecule has 0 rings (SSSR count). The molecule has 0 aromatic rings. The van der Waals surface area contributed by atoms with Gasteiger partial charge in [-0.1, -0.05) is 65.8 Å². The molecule has 0 aromatic carbocycles. The second-order valence-corrected chi connectivity index (χ2v) is 27.6. The number of aliphatic hydroxyl groups is 10. The van der Waals surface area contributed by atoms with Crippen molar-refractivity contribution in [2.45, 2.75) is 154 Å². The van der Waals surface area contributed by atoms with Crippen molar-refractivity contribution in [3.63, 3.8) is 0 Å². The number of likely N-dealkylation sites (N-methyl/N-ethyl adjacent to an activating group) is 1. The fourth-order valence-electron chi connectivity index (χ4n) is 7.38. The molecule has 35 nitrogen and oxygen atoms in total. The van der Waals surface area contributed by atoms with E-state index in [1.54, 1.807) is 7.11 Å². The van der Waals surface area contributed by atoms with Crippen LogP contribution in [0.2, 0.25) is 0 Å². The molecule has 2 radical (unpaired) electrons. The van der Waals surface area contributed by atoms with Crippen LogP contribution in [0.25, 0.3) is 0 Å². The summed E-state index contributed by atoms with van der Waals surface area (Å²) in [4.78, 5) is 94.7. The first-order valence-electron chi connectivity index (χ1n) is 39.4. The van der Waals surface area contributed by atoms with Crippen LogP contribution in [-0.4, -0.2) is 404 Å². The van der Waals surface area contributed by atoms with E-state index in [4.69, 9.17) is 59.4 Å². The number of alkyl halides is 27. The summed E-state index contributed by atoms with van der Waals surface area (Å²) in [6.45, 7) is 28.2. The molecule has 10 N–H and O–H groups in total. The van der Waals surface area contributed by atoms with Crippen LogP contribution >= 0.6 is 0 Å². The maximum absolute atomic E-state index is 13.3. The molecule has 9 unspecified atom stereocenters. The molecule has 0 spiro atoms. The Balaban J connectivity index is -0.000000156. The molecule has 0 bridgehead atoms. The van der Waals surface area contributed by atoms with Gasteiger partial charge >= 0.3 is 108 Å². The minimum Gasteiger partial charge on any atom is -0.463 e. The summed E-state index contributed by atoms with van der Waals surface area (Å²) in [5.41, 5.74) is -6.86.